The lowest BCUT2D eigenvalue weighted by Crippen LogP contribution is -2.33. The van der Waals surface area contributed by atoms with Crippen LogP contribution in [0.2, 0.25) is 0 Å². The number of hydrogen-bond donors (Lipinski definition) is 1. The lowest BCUT2D eigenvalue weighted by Gasteiger charge is -2.19. The monoisotopic (exact) mass is 440 g/mol. The Morgan fingerprint density at radius 3 is 2.06 bits per heavy atom. The zero-order chi connectivity index (χ0) is 23.9. The van der Waals surface area contributed by atoms with Gasteiger partial charge >= 0.3 is 0 Å². The highest BCUT2D eigenvalue weighted by atomic mass is 16.5. The van der Waals surface area contributed by atoms with Crippen LogP contribution in [0.25, 0.3) is 5.57 Å². The quantitative estimate of drug-likeness (QED) is 0.522. The van der Waals surface area contributed by atoms with Crippen LogP contribution in [0, 0.1) is 34.6 Å². The van der Waals surface area contributed by atoms with Crippen molar-refractivity contribution >= 4 is 28.8 Å². The number of anilines is 2. The molecule has 5 nitrogen and oxygen atoms in total. The molecular weight excluding hydrogens is 412 g/mol. The molecule has 0 atom stereocenters. The van der Waals surface area contributed by atoms with Gasteiger partial charge in [0.2, 0.25) is 0 Å². The van der Waals surface area contributed by atoms with Crippen molar-refractivity contribution in [1.82, 2.24) is 0 Å². The van der Waals surface area contributed by atoms with Gasteiger partial charge in [0.05, 0.1) is 24.1 Å². The molecule has 0 spiro atoms. The van der Waals surface area contributed by atoms with Crippen molar-refractivity contribution in [3.8, 4) is 5.75 Å². The molecule has 3 aromatic rings. The standard InChI is InChI=1S/C28H28N2O3/c1-16-8-11-21(20(5)13-16)25-26(29-22-14-17(2)9-12-24(22)33-6)28(32)30(27(25)31)23-15-18(3)7-10-19(23)4/h7-15,29H,1-6H3. The van der Waals surface area contributed by atoms with E-state index in [4.69, 9.17) is 4.74 Å². The molecule has 0 aromatic heterocycles. The van der Waals surface area contributed by atoms with Crippen molar-refractivity contribution in [2.75, 3.05) is 17.3 Å². The Bertz CT molecular complexity index is 1320. The van der Waals surface area contributed by atoms with E-state index in [-0.39, 0.29) is 17.5 Å². The first-order chi connectivity index (χ1) is 15.7. The summed E-state index contributed by atoms with van der Waals surface area (Å²) in [5.74, 6) is -0.125. The van der Waals surface area contributed by atoms with E-state index in [9.17, 15) is 9.59 Å². The van der Waals surface area contributed by atoms with Crippen LogP contribution in [0.15, 0.2) is 60.3 Å². The number of rotatable bonds is 5. The number of carbonyl (C=O) groups is 2. The third-order valence-electron chi connectivity index (χ3n) is 5.96. The molecule has 168 valence electrons. The summed E-state index contributed by atoms with van der Waals surface area (Å²) in [6.45, 7) is 9.78. The molecule has 2 amide bonds. The SMILES string of the molecule is COc1ccc(C)cc1NC1=C(c2ccc(C)cc2C)C(=O)N(c2cc(C)ccc2C)C1=O. The van der Waals surface area contributed by atoms with Crippen LogP contribution in [0.1, 0.15) is 33.4 Å². The first kappa shape index (κ1) is 22.3. The number of nitrogens with one attached hydrogen (secondary N) is 1. The fourth-order valence-corrected chi connectivity index (χ4v) is 4.22. The van der Waals surface area contributed by atoms with Gasteiger partial charge in [-0.25, -0.2) is 4.90 Å². The molecule has 0 saturated heterocycles. The van der Waals surface area contributed by atoms with Crippen LogP contribution in [-0.2, 0) is 9.59 Å². The van der Waals surface area contributed by atoms with Gasteiger partial charge in [0.15, 0.2) is 0 Å². The second-order valence-corrected chi connectivity index (χ2v) is 8.63. The van der Waals surface area contributed by atoms with Gasteiger partial charge in [-0.3, -0.25) is 9.59 Å². The number of benzene rings is 3. The van der Waals surface area contributed by atoms with Gasteiger partial charge in [-0.15, -0.1) is 0 Å². The van der Waals surface area contributed by atoms with Crippen molar-refractivity contribution < 1.29 is 14.3 Å². The molecule has 4 rings (SSSR count). The minimum atomic E-state index is -0.382. The van der Waals surface area contributed by atoms with Gasteiger partial charge in [-0.1, -0.05) is 42.0 Å². The van der Waals surface area contributed by atoms with Crippen molar-refractivity contribution in [3.63, 3.8) is 0 Å². The van der Waals surface area contributed by atoms with Crippen LogP contribution in [0.3, 0.4) is 0 Å². The van der Waals surface area contributed by atoms with Crippen molar-refractivity contribution in [2.45, 2.75) is 34.6 Å². The smallest absolute Gasteiger partial charge is 0.282 e. The molecule has 0 radical (unpaired) electrons. The summed E-state index contributed by atoms with van der Waals surface area (Å²) < 4.78 is 5.50. The zero-order valence-corrected chi connectivity index (χ0v) is 19.9. The third-order valence-corrected chi connectivity index (χ3v) is 5.96. The number of nitrogens with zero attached hydrogens (tertiary/aromatic N) is 1. The second kappa shape index (κ2) is 8.58. The average molecular weight is 441 g/mol. The Kier molecular flexibility index (Phi) is 5.81. The van der Waals surface area contributed by atoms with E-state index < -0.39 is 0 Å². The predicted molar refractivity (Wildman–Crippen MR) is 133 cm³/mol. The number of imide groups is 1. The molecule has 1 aliphatic heterocycles. The zero-order valence-electron chi connectivity index (χ0n) is 19.9. The topological polar surface area (TPSA) is 58.6 Å². The number of hydrogen-bond acceptors (Lipinski definition) is 4. The van der Waals surface area contributed by atoms with E-state index in [1.807, 2.05) is 89.2 Å². The Morgan fingerprint density at radius 1 is 0.727 bits per heavy atom. The molecule has 0 saturated carbocycles. The van der Waals surface area contributed by atoms with Crippen molar-refractivity contribution in [2.24, 2.45) is 0 Å². The van der Waals surface area contributed by atoms with E-state index in [1.165, 1.54) is 4.90 Å². The average Bonchev–Trinajstić information content (AvgIpc) is 3.00. The summed E-state index contributed by atoms with van der Waals surface area (Å²) in [6.07, 6.45) is 0. The second-order valence-electron chi connectivity index (χ2n) is 8.63. The molecular formula is C28H28N2O3. The Labute approximate surface area is 194 Å². The minimum absolute atomic E-state index is 0.247. The molecule has 33 heavy (non-hydrogen) atoms. The Morgan fingerprint density at radius 2 is 1.36 bits per heavy atom. The highest BCUT2D eigenvalue weighted by molar-refractivity contribution is 6.46. The van der Waals surface area contributed by atoms with E-state index in [0.717, 1.165) is 33.4 Å². The summed E-state index contributed by atoms with van der Waals surface area (Å²) in [7, 11) is 1.58. The molecule has 5 heteroatoms. The van der Waals surface area contributed by atoms with Crippen molar-refractivity contribution in [1.29, 1.82) is 0 Å². The van der Waals surface area contributed by atoms with Crippen LogP contribution >= 0.6 is 0 Å². The van der Waals surface area contributed by atoms with Crippen LogP contribution in [0.4, 0.5) is 11.4 Å². The molecule has 1 aliphatic rings. The van der Waals surface area contributed by atoms with E-state index in [2.05, 4.69) is 5.32 Å². The van der Waals surface area contributed by atoms with Gasteiger partial charge in [0.1, 0.15) is 11.4 Å². The van der Waals surface area contributed by atoms with Crippen LogP contribution in [-0.4, -0.2) is 18.9 Å². The molecule has 0 bridgehead atoms. The third kappa shape index (κ3) is 4.02. The number of amides is 2. The predicted octanol–water partition coefficient (Wildman–Crippen LogP) is 5.63. The summed E-state index contributed by atoms with van der Waals surface area (Å²) in [5.41, 5.74) is 7.45. The lowest BCUT2D eigenvalue weighted by atomic mass is 9.97. The van der Waals surface area contributed by atoms with E-state index >= 15 is 0 Å². The fourth-order valence-electron chi connectivity index (χ4n) is 4.22. The van der Waals surface area contributed by atoms with Gasteiger partial charge in [0.25, 0.3) is 11.8 Å². The number of methoxy groups -OCH3 is 1. The van der Waals surface area contributed by atoms with Gasteiger partial charge in [0, 0.05) is 0 Å². The molecule has 0 aliphatic carbocycles. The minimum Gasteiger partial charge on any atom is -0.495 e. The molecule has 1 N–H and O–H groups in total. The van der Waals surface area contributed by atoms with E-state index in [0.29, 0.717) is 22.7 Å². The van der Waals surface area contributed by atoms with Crippen molar-refractivity contribution in [3.05, 3.63) is 93.7 Å². The largest absolute Gasteiger partial charge is 0.495 e. The number of aryl methyl sites for hydroxylation is 5. The Balaban J connectivity index is 1.92. The summed E-state index contributed by atoms with van der Waals surface area (Å²) >= 11 is 0. The van der Waals surface area contributed by atoms with E-state index in [1.54, 1.807) is 7.11 Å². The molecule has 3 aromatic carbocycles. The molecule has 0 fully saturated rings. The van der Waals surface area contributed by atoms with Crippen LogP contribution in [0.5, 0.6) is 5.75 Å². The lowest BCUT2D eigenvalue weighted by molar-refractivity contribution is -0.120. The Hall–Kier alpha value is -3.86. The molecule has 1 heterocycles. The number of ether oxygens (including phenoxy) is 1. The maximum absolute atomic E-state index is 13.8. The highest BCUT2D eigenvalue weighted by Gasteiger charge is 2.41. The maximum Gasteiger partial charge on any atom is 0.282 e. The first-order valence-corrected chi connectivity index (χ1v) is 10.9. The van der Waals surface area contributed by atoms with Crippen LogP contribution < -0.4 is 15.0 Å². The maximum atomic E-state index is 13.8. The van der Waals surface area contributed by atoms with Gasteiger partial charge < -0.3 is 10.1 Å². The first-order valence-electron chi connectivity index (χ1n) is 10.9. The summed E-state index contributed by atoms with van der Waals surface area (Å²) in [6, 6.07) is 17.4. The van der Waals surface area contributed by atoms with Gasteiger partial charge in [-0.05, 0) is 80.6 Å². The summed E-state index contributed by atoms with van der Waals surface area (Å²) in [4.78, 5) is 28.9. The fraction of sp³-hybridized carbons (Fsp3) is 0.214. The highest BCUT2D eigenvalue weighted by Crippen LogP contribution is 2.38. The van der Waals surface area contributed by atoms with Gasteiger partial charge in [-0.2, -0.15) is 0 Å². The normalized spacial score (nSPS) is 13.7. The number of carbonyl (C=O) groups excluding carboxylic acids is 2. The molecule has 0 unspecified atom stereocenters. The summed E-state index contributed by atoms with van der Waals surface area (Å²) in [5, 5.41) is 3.25.